The van der Waals surface area contributed by atoms with Crippen molar-refractivity contribution in [2.45, 2.75) is 39.1 Å². The topological polar surface area (TPSA) is 70.8 Å². The van der Waals surface area contributed by atoms with Gasteiger partial charge in [0, 0.05) is 5.92 Å². The second kappa shape index (κ2) is 4.78. The van der Waals surface area contributed by atoms with Gasteiger partial charge in [0.1, 0.15) is 6.10 Å². The molecule has 0 amide bonds. The van der Waals surface area contributed by atoms with E-state index in [2.05, 4.69) is 25.6 Å². The first-order chi connectivity index (χ1) is 8.00. The van der Waals surface area contributed by atoms with Crippen molar-refractivity contribution in [3.05, 3.63) is 10.1 Å². The SMILES string of the molecule is CC(C)C(C)C1COC2C(O[N+](=O)[O-])COC12. The molecule has 0 spiro atoms. The summed E-state index contributed by atoms with van der Waals surface area (Å²) in [7, 11) is 0. The van der Waals surface area contributed by atoms with Crippen molar-refractivity contribution in [1.29, 1.82) is 0 Å². The van der Waals surface area contributed by atoms with Gasteiger partial charge in [-0.3, -0.25) is 0 Å². The van der Waals surface area contributed by atoms with E-state index < -0.39 is 11.2 Å². The lowest BCUT2D eigenvalue weighted by molar-refractivity contribution is -0.769. The van der Waals surface area contributed by atoms with Gasteiger partial charge in [0.25, 0.3) is 5.09 Å². The minimum Gasteiger partial charge on any atom is -0.373 e. The van der Waals surface area contributed by atoms with E-state index in [9.17, 15) is 10.1 Å². The molecule has 6 nitrogen and oxygen atoms in total. The van der Waals surface area contributed by atoms with E-state index >= 15 is 0 Å². The van der Waals surface area contributed by atoms with E-state index in [1.165, 1.54) is 0 Å². The van der Waals surface area contributed by atoms with Gasteiger partial charge in [-0.25, -0.2) is 0 Å². The molecule has 0 aliphatic carbocycles. The Balaban J connectivity index is 1.99. The lowest BCUT2D eigenvalue weighted by Gasteiger charge is -2.25. The molecule has 2 aliphatic heterocycles. The van der Waals surface area contributed by atoms with Crippen LogP contribution in [0, 0.1) is 27.9 Å². The Bertz CT molecular complexity index is 296. The molecule has 2 rings (SSSR count). The Morgan fingerprint density at radius 1 is 1.24 bits per heavy atom. The quantitative estimate of drug-likeness (QED) is 0.551. The van der Waals surface area contributed by atoms with Gasteiger partial charge in [0.15, 0.2) is 6.10 Å². The molecule has 98 valence electrons. The Kier molecular flexibility index (Phi) is 3.53. The zero-order valence-corrected chi connectivity index (χ0v) is 10.4. The molecule has 17 heavy (non-hydrogen) atoms. The van der Waals surface area contributed by atoms with Gasteiger partial charge in [0.2, 0.25) is 0 Å². The maximum atomic E-state index is 10.3. The van der Waals surface area contributed by atoms with Gasteiger partial charge in [-0.15, -0.1) is 10.1 Å². The molecule has 2 fully saturated rings. The third kappa shape index (κ3) is 2.37. The Morgan fingerprint density at radius 3 is 2.47 bits per heavy atom. The van der Waals surface area contributed by atoms with Crippen LogP contribution in [0.1, 0.15) is 20.8 Å². The van der Waals surface area contributed by atoms with E-state index in [1.807, 2.05) is 0 Å². The number of hydrogen-bond acceptors (Lipinski definition) is 5. The third-order valence-corrected chi connectivity index (χ3v) is 3.99. The number of rotatable bonds is 4. The molecular weight excluding hydrogens is 226 g/mol. The largest absolute Gasteiger partial charge is 0.373 e. The van der Waals surface area contributed by atoms with Crippen LogP contribution in [0.25, 0.3) is 0 Å². The molecule has 0 aromatic rings. The summed E-state index contributed by atoms with van der Waals surface area (Å²) in [4.78, 5) is 14.9. The van der Waals surface area contributed by atoms with Crippen LogP contribution in [0.2, 0.25) is 0 Å². The standard InChI is InChI=1S/C11H19NO5/c1-6(2)7(3)8-4-15-11-9(17-12(13)14)5-16-10(8)11/h6-11H,4-5H2,1-3H3. The predicted octanol–water partition coefficient (Wildman–Crippen LogP) is 1.27. The summed E-state index contributed by atoms with van der Waals surface area (Å²) in [6, 6.07) is 0. The van der Waals surface area contributed by atoms with Gasteiger partial charge in [-0.1, -0.05) is 20.8 Å². The van der Waals surface area contributed by atoms with Gasteiger partial charge in [0.05, 0.1) is 19.3 Å². The Hall–Kier alpha value is -0.880. The first-order valence-corrected chi connectivity index (χ1v) is 6.05. The fourth-order valence-corrected chi connectivity index (χ4v) is 2.64. The van der Waals surface area contributed by atoms with Crippen molar-refractivity contribution < 1.29 is 19.4 Å². The van der Waals surface area contributed by atoms with Gasteiger partial charge < -0.3 is 14.3 Å². The highest BCUT2D eigenvalue weighted by molar-refractivity contribution is 4.96. The summed E-state index contributed by atoms with van der Waals surface area (Å²) in [5.74, 6) is 1.32. The highest BCUT2D eigenvalue weighted by atomic mass is 17.0. The minimum atomic E-state index is -0.765. The molecule has 0 aromatic heterocycles. The second-order valence-corrected chi connectivity index (χ2v) is 5.23. The predicted molar refractivity (Wildman–Crippen MR) is 58.8 cm³/mol. The summed E-state index contributed by atoms with van der Waals surface area (Å²) in [6.07, 6.45) is -0.914. The summed E-state index contributed by atoms with van der Waals surface area (Å²) >= 11 is 0. The number of fused-ring (bicyclic) bond motifs is 1. The molecule has 2 saturated heterocycles. The van der Waals surface area contributed by atoms with Crippen molar-refractivity contribution in [3.8, 4) is 0 Å². The third-order valence-electron chi connectivity index (χ3n) is 3.99. The normalized spacial score (nSPS) is 38.1. The van der Waals surface area contributed by atoms with E-state index in [1.54, 1.807) is 0 Å². The average Bonchev–Trinajstić information content (AvgIpc) is 2.79. The van der Waals surface area contributed by atoms with Crippen molar-refractivity contribution in [1.82, 2.24) is 0 Å². The molecule has 2 aliphatic rings. The molecule has 0 bridgehead atoms. The van der Waals surface area contributed by atoms with E-state index in [-0.39, 0.29) is 18.8 Å². The van der Waals surface area contributed by atoms with Crippen molar-refractivity contribution in [2.75, 3.05) is 13.2 Å². The molecular formula is C11H19NO5. The molecule has 0 N–H and O–H groups in total. The molecule has 0 saturated carbocycles. The Morgan fingerprint density at radius 2 is 1.88 bits per heavy atom. The lowest BCUT2D eigenvalue weighted by Crippen LogP contribution is -2.34. The van der Waals surface area contributed by atoms with E-state index in [0.717, 1.165) is 0 Å². The van der Waals surface area contributed by atoms with Crippen LogP contribution in [-0.2, 0) is 14.3 Å². The van der Waals surface area contributed by atoms with Crippen molar-refractivity contribution in [3.63, 3.8) is 0 Å². The van der Waals surface area contributed by atoms with Gasteiger partial charge >= 0.3 is 0 Å². The monoisotopic (exact) mass is 245 g/mol. The summed E-state index contributed by atoms with van der Waals surface area (Å²) < 4.78 is 11.2. The van der Waals surface area contributed by atoms with Crippen LogP contribution in [-0.4, -0.2) is 36.6 Å². The summed E-state index contributed by atoms with van der Waals surface area (Å²) in [5, 5.41) is 9.57. The minimum absolute atomic E-state index is 0.0580. The smallest absolute Gasteiger partial charge is 0.294 e. The van der Waals surface area contributed by atoms with E-state index in [0.29, 0.717) is 24.4 Å². The van der Waals surface area contributed by atoms with Gasteiger partial charge in [-0.05, 0) is 11.8 Å². The molecule has 5 unspecified atom stereocenters. The highest BCUT2D eigenvalue weighted by Crippen LogP contribution is 2.38. The van der Waals surface area contributed by atoms with Crippen LogP contribution in [0.15, 0.2) is 0 Å². The average molecular weight is 245 g/mol. The van der Waals surface area contributed by atoms with Crippen molar-refractivity contribution >= 4 is 0 Å². The maximum Gasteiger partial charge on any atom is 0.294 e. The van der Waals surface area contributed by atoms with Crippen LogP contribution in [0.3, 0.4) is 0 Å². The number of nitrogens with zero attached hydrogens (tertiary/aromatic N) is 1. The molecule has 0 aromatic carbocycles. The Labute approximate surface area is 100 Å². The number of ether oxygens (including phenoxy) is 2. The van der Waals surface area contributed by atoms with Crippen LogP contribution in [0.4, 0.5) is 0 Å². The summed E-state index contributed by atoms with van der Waals surface area (Å²) in [6.45, 7) is 7.35. The maximum absolute atomic E-state index is 10.3. The zero-order valence-electron chi connectivity index (χ0n) is 10.4. The highest BCUT2D eigenvalue weighted by Gasteiger charge is 2.50. The second-order valence-electron chi connectivity index (χ2n) is 5.23. The van der Waals surface area contributed by atoms with Gasteiger partial charge in [-0.2, -0.15) is 0 Å². The zero-order chi connectivity index (χ0) is 12.6. The van der Waals surface area contributed by atoms with E-state index in [4.69, 9.17) is 9.47 Å². The molecule has 6 heteroatoms. The van der Waals surface area contributed by atoms with Crippen molar-refractivity contribution in [2.24, 2.45) is 17.8 Å². The first-order valence-electron chi connectivity index (χ1n) is 6.05. The molecule has 5 atom stereocenters. The first kappa shape index (κ1) is 12.6. The van der Waals surface area contributed by atoms with Crippen LogP contribution < -0.4 is 0 Å². The van der Waals surface area contributed by atoms with Crippen LogP contribution in [0.5, 0.6) is 0 Å². The number of hydrogen-bond donors (Lipinski definition) is 0. The lowest BCUT2D eigenvalue weighted by atomic mass is 9.82. The molecule has 0 radical (unpaired) electrons. The summed E-state index contributed by atoms with van der Waals surface area (Å²) in [5.41, 5.74) is 0. The fourth-order valence-electron chi connectivity index (χ4n) is 2.64. The van der Waals surface area contributed by atoms with Crippen LogP contribution >= 0.6 is 0 Å². The fraction of sp³-hybridized carbons (Fsp3) is 1.00. The molecule has 2 heterocycles.